The molecule has 294 valence electrons. The Morgan fingerprint density at radius 3 is 2.02 bits per heavy atom. The van der Waals surface area contributed by atoms with E-state index < -0.39 is 57.9 Å². The van der Waals surface area contributed by atoms with Crippen molar-refractivity contribution in [3.05, 3.63) is 60.8 Å². The summed E-state index contributed by atoms with van der Waals surface area (Å²) >= 11 is 0. The van der Waals surface area contributed by atoms with Gasteiger partial charge in [-0.15, -0.1) is 0 Å². The molecule has 0 fully saturated rings. The van der Waals surface area contributed by atoms with Gasteiger partial charge in [0.2, 0.25) is 0 Å². The zero-order chi connectivity index (χ0) is 38.0. The van der Waals surface area contributed by atoms with Crippen molar-refractivity contribution in [1.29, 1.82) is 0 Å². The summed E-state index contributed by atoms with van der Waals surface area (Å²) in [5.74, 6) is -0.301. The maximum Gasteiger partial charge on any atom is 0.472 e. The minimum Gasteiger partial charge on any atom is -0.462 e. The van der Waals surface area contributed by atoms with E-state index in [0.717, 1.165) is 44.4 Å². The summed E-state index contributed by atoms with van der Waals surface area (Å²) < 4.78 is 32.4. The minimum atomic E-state index is -4.63. The first-order chi connectivity index (χ1) is 24.5. The second kappa shape index (κ2) is 33.5. The second-order valence-electron chi connectivity index (χ2n) is 12.9. The molecule has 0 aromatic rings. The molecule has 2 unspecified atom stereocenters. The quantitative estimate of drug-likeness (QED) is 0.0169. The highest BCUT2D eigenvalue weighted by Gasteiger charge is 2.27. The fourth-order valence-corrected chi connectivity index (χ4v) is 5.32. The van der Waals surface area contributed by atoms with E-state index in [4.69, 9.17) is 19.1 Å². The molecule has 0 radical (unpaired) electrons. The van der Waals surface area contributed by atoms with Crippen molar-refractivity contribution < 1.29 is 52.9 Å². The molecule has 0 saturated heterocycles. The number of hydrogen-bond acceptors (Lipinski definition) is 10. The highest BCUT2D eigenvalue weighted by atomic mass is 31.2. The molecule has 51 heavy (non-hydrogen) atoms. The topological polar surface area (TPSA) is 169 Å². The zero-order valence-corrected chi connectivity index (χ0v) is 32.2. The molecule has 0 aromatic carbocycles. The number of phosphoric ester groups is 1. The van der Waals surface area contributed by atoms with Crippen LogP contribution in [-0.2, 0) is 32.7 Å². The van der Waals surface area contributed by atoms with Crippen LogP contribution in [0.3, 0.4) is 0 Å². The van der Waals surface area contributed by atoms with Crippen LogP contribution in [0.15, 0.2) is 60.8 Å². The van der Waals surface area contributed by atoms with E-state index in [9.17, 15) is 29.3 Å². The van der Waals surface area contributed by atoms with Crippen LogP contribution in [0.1, 0.15) is 124 Å². The van der Waals surface area contributed by atoms with Crippen LogP contribution in [0.2, 0.25) is 0 Å². The van der Waals surface area contributed by atoms with Gasteiger partial charge in [0.05, 0.1) is 25.9 Å². The summed E-state index contributed by atoms with van der Waals surface area (Å²) in [6.45, 7) is 4.27. The predicted molar refractivity (Wildman–Crippen MR) is 202 cm³/mol. The van der Waals surface area contributed by atoms with Gasteiger partial charge in [-0.3, -0.25) is 18.6 Å². The Labute approximate surface area is 307 Å². The molecule has 0 aromatic heterocycles. The number of carbonyl (C=O) groups is 2. The number of carbonyl (C=O) groups excluding carboxylic acids is 2. The molecule has 11 nitrogen and oxygen atoms in total. The normalized spacial score (nSPS) is 15.5. The average molecular weight is 743 g/mol. The maximum absolute atomic E-state index is 12.5. The van der Waals surface area contributed by atoms with Crippen molar-refractivity contribution in [2.24, 2.45) is 5.92 Å². The number of ether oxygens (including phenoxy) is 2. The standard InChI is InChI=1S/C39H67O11P/c1-4-5-26-35(41)27-22-18-14-10-8-6-7-9-11-15-19-23-28-38(43)47-32-37(33-49-51(45,46)48-31-36(42)30-40)50-39(44)29-24-20-16-12-13-17-21-25-34(2)3/h5-7,10-11,14-15,18,22,26,34-37,40-42H,4,8-9,12-13,16-17,19-21,23-25,27-33H2,1-3H3,(H,45,46)/b7-6-,14-10-,15-11-,22-18+,26-5-/t35?,36-,37+/m0/s1. The summed E-state index contributed by atoms with van der Waals surface area (Å²) in [5.41, 5.74) is 0. The average Bonchev–Trinajstić information content (AvgIpc) is 3.10. The molecule has 0 rings (SSSR count). The lowest BCUT2D eigenvalue weighted by Gasteiger charge is -2.20. The second-order valence-corrected chi connectivity index (χ2v) is 14.4. The molecule has 4 atom stereocenters. The Morgan fingerprint density at radius 1 is 0.725 bits per heavy atom. The fraction of sp³-hybridized carbons (Fsp3) is 0.692. The first-order valence-corrected chi connectivity index (χ1v) is 20.2. The van der Waals surface area contributed by atoms with Crippen LogP contribution < -0.4 is 0 Å². The van der Waals surface area contributed by atoms with Crippen molar-refractivity contribution in [2.75, 3.05) is 26.4 Å². The van der Waals surface area contributed by atoms with Crippen molar-refractivity contribution in [2.45, 2.75) is 142 Å². The third-order valence-electron chi connectivity index (χ3n) is 7.44. The number of unbranched alkanes of at least 4 members (excludes halogenated alkanes) is 7. The zero-order valence-electron chi connectivity index (χ0n) is 31.3. The van der Waals surface area contributed by atoms with E-state index in [-0.39, 0.29) is 19.4 Å². The Kier molecular flexibility index (Phi) is 31.9. The lowest BCUT2D eigenvalue weighted by Crippen LogP contribution is -2.29. The Morgan fingerprint density at radius 2 is 1.33 bits per heavy atom. The summed E-state index contributed by atoms with van der Waals surface area (Å²) in [6, 6.07) is 0. The Balaban J connectivity index is 4.50. The molecule has 0 spiro atoms. The van der Waals surface area contributed by atoms with E-state index in [0.29, 0.717) is 25.7 Å². The largest absolute Gasteiger partial charge is 0.472 e. The van der Waals surface area contributed by atoms with Gasteiger partial charge < -0.3 is 29.7 Å². The van der Waals surface area contributed by atoms with E-state index >= 15 is 0 Å². The molecule has 0 aliphatic heterocycles. The van der Waals surface area contributed by atoms with E-state index in [1.807, 2.05) is 49.5 Å². The summed E-state index contributed by atoms with van der Waals surface area (Å²) in [6.07, 6.45) is 30.0. The van der Waals surface area contributed by atoms with E-state index in [2.05, 4.69) is 30.5 Å². The molecule has 4 N–H and O–H groups in total. The van der Waals surface area contributed by atoms with Gasteiger partial charge in [0.15, 0.2) is 6.10 Å². The van der Waals surface area contributed by atoms with Crippen LogP contribution in [0, 0.1) is 5.92 Å². The van der Waals surface area contributed by atoms with Gasteiger partial charge in [-0.25, -0.2) is 4.57 Å². The van der Waals surface area contributed by atoms with Crippen LogP contribution in [0.4, 0.5) is 0 Å². The van der Waals surface area contributed by atoms with Crippen LogP contribution in [0.5, 0.6) is 0 Å². The third-order valence-corrected chi connectivity index (χ3v) is 8.39. The molecule has 0 bridgehead atoms. The smallest absolute Gasteiger partial charge is 0.462 e. The van der Waals surface area contributed by atoms with Gasteiger partial charge in [0.25, 0.3) is 0 Å². The van der Waals surface area contributed by atoms with E-state index in [1.54, 1.807) is 6.08 Å². The summed E-state index contributed by atoms with van der Waals surface area (Å²) in [7, 11) is -4.63. The number of aliphatic hydroxyl groups is 3. The van der Waals surface area contributed by atoms with Crippen molar-refractivity contribution in [3.63, 3.8) is 0 Å². The summed E-state index contributed by atoms with van der Waals surface area (Å²) in [4.78, 5) is 34.7. The van der Waals surface area contributed by atoms with E-state index in [1.165, 1.54) is 25.7 Å². The monoisotopic (exact) mass is 742 g/mol. The fourth-order valence-electron chi connectivity index (χ4n) is 4.53. The van der Waals surface area contributed by atoms with Crippen LogP contribution >= 0.6 is 7.82 Å². The molecule has 0 heterocycles. The molecule has 0 aliphatic rings. The minimum absolute atomic E-state index is 0.143. The molecule has 0 amide bonds. The molecular weight excluding hydrogens is 675 g/mol. The maximum atomic E-state index is 12.5. The van der Waals surface area contributed by atoms with Crippen molar-refractivity contribution in [1.82, 2.24) is 0 Å². The van der Waals surface area contributed by atoms with Gasteiger partial charge in [-0.1, -0.05) is 126 Å². The molecular formula is C39H67O11P. The van der Waals surface area contributed by atoms with Crippen molar-refractivity contribution in [3.8, 4) is 0 Å². The highest BCUT2D eigenvalue weighted by Crippen LogP contribution is 2.43. The van der Waals surface area contributed by atoms with Gasteiger partial charge in [-0.2, -0.15) is 0 Å². The lowest BCUT2D eigenvalue weighted by atomic mass is 10.0. The number of esters is 2. The van der Waals surface area contributed by atoms with Gasteiger partial charge in [-0.05, 0) is 50.9 Å². The van der Waals surface area contributed by atoms with Gasteiger partial charge >= 0.3 is 19.8 Å². The first-order valence-electron chi connectivity index (χ1n) is 18.7. The predicted octanol–water partition coefficient (Wildman–Crippen LogP) is 7.99. The first kappa shape index (κ1) is 48.6. The number of phosphoric acid groups is 1. The number of aliphatic hydroxyl groups excluding tert-OH is 3. The Hall–Kier alpha value is -2.37. The lowest BCUT2D eigenvalue weighted by molar-refractivity contribution is -0.161. The van der Waals surface area contributed by atoms with Crippen LogP contribution in [0.25, 0.3) is 0 Å². The molecule has 0 saturated carbocycles. The molecule has 0 aliphatic carbocycles. The number of rotatable bonds is 33. The highest BCUT2D eigenvalue weighted by molar-refractivity contribution is 7.47. The van der Waals surface area contributed by atoms with Crippen molar-refractivity contribution >= 4 is 19.8 Å². The molecule has 12 heteroatoms. The number of allylic oxidation sites excluding steroid dienone is 8. The third kappa shape index (κ3) is 34.5. The van der Waals surface area contributed by atoms with Gasteiger partial charge in [0.1, 0.15) is 12.7 Å². The summed E-state index contributed by atoms with van der Waals surface area (Å²) in [5, 5.41) is 28.0. The Bertz CT molecular complexity index is 1070. The van der Waals surface area contributed by atoms with Gasteiger partial charge in [0, 0.05) is 12.8 Å². The van der Waals surface area contributed by atoms with Crippen LogP contribution in [-0.4, -0.2) is 76.9 Å². The number of hydrogen-bond donors (Lipinski definition) is 4. The SMILES string of the molecule is CC/C=C\C(O)C/C=C/C=C\C/C=C\C/C=C\CCCC(=O)OC[C@H](COP(=O)(O)OC[C@@H](O)CO)OC(=O)CCCCCCCCCC(C)C.